The Bertz CT molecular complexity index is 569. The van der Waals surface area contributed by atoms with Gasteiger partial charge in [0, 0.05) is 16.6 Å². The van der Waals surface area contributed by atoms with Crippen molar-refractivity contribution < 1.29 is 13.6 Å². The van der Waals surface area contributed by atoms with Gasteiger partial charge in [-0.2, -0.15) is 4.31 Å². The van der Waals surface area contributed by atoms with Gasteiger partial charge in [-0.1, -0.05) is 35.3 Å². The third kappa shape index (κ3) is 3.97. The third-order valence-corrected chi connectivity index (χ3v) is 4.63. The molecule has 0 aromatic heterocycles. The Labute approximate surface area is 121 Å². The van der Waals surface area contributed by atoms with E-state index in [1.165, 1.54) is 18.2 Å². The summed E-state index contributed by atoms with van der Waals surface area (Å²) in [5.74, 6) is -0.210. The molecule has 0 heterocycles. The second kappa shape index (κ2) is 6.42. The van der Waals surface area contributed by atoms with E-state index in [1.54, 1.807) is 6.92 Å². The van der Waals surface area contributed by atoms with Crippen molar-refractivity contribution in [1.82, 2.24) is 4.31 Å². The number of hydrogen-bond acceptors (Lipinski definition) is 4. The molecule has 6 nitrogen and oxygen atoms in total. The molecule has 106 valence electrons. The first-order chi connectivity index (χ1) is 8.81. The van der Waals surface area contributed by atoms with Gasteiger partial charge in [0.1, 0.15) is 0 Å². The highest BCUT2D eigenvalue weighted by atomic mass is 35.5. The van der Waals surface area contributed by atoms with Crippen LogP contribution >= 0.6 is 23.2 Å². The molecule has 0 amide bonds. The lowest BCUT2D eigenvalue weighted by Gasteiger charge is -2.19. The number of benzene rings is 1. The summed E-state index contributed by atoms with van der Waals surface area (Å²) >= 11 is 11.6. The molecule has 0 atom stereocenters. The zero-order chi connectivity index (χ0) is 14.6. The summed E-state index contributed by atoms with van der Waals surface area (Å²) in [5.41, 5.74) is 5.33. The predicted octanol–water partition coefficient (Wildman–Crippen LogP) is 1.75. The van der Waals surface area contributed by atoms with E-state index in [0.29, 0.717) is 0 Å². The van der Waals surface area contributed by atoms with E-state index in [-0.39, 0.29) is 33.9 Å². The lowest BCUT2D eigenvalue weighted by atomic mass is 10.4. The topological polar surface area (TPSA) is 96.0 Å². The summed E-state index contributed by atoms with van der Waals surface area (Å²) in [4.78, 5) is -0.0439. The lowest BCUT2D eigenvalue weighted by Crippen LogP contribution is -2.38. The van der Waals surface area contributed by atoms with Crippen molar-refractivity contribution in [3.8, 4) is 0 Å². The highest BCUT2D eigenvalue weighted by Gasteiger charge is 2.24. The number of sulfonamides is 1. The minimum atomic E-state index is -3.81. The molecule has 3 N–H and O–H groups in total. The number of rotatable bonds is 5. The van der Waals surface area contributed by atoms with E-state index >= 15 is 0 Å². The number of nitrogens with two attached hydrogens (primary N) is 1. The van der Waals surface area contributed by atoms with E-state index in [0.717, 1.165) is 4.31 Å². The lowest BCUT2D eigenvalue weighted by molar-refractivity contribution is 0.315. The van der Waals surface area contributed by atoms with Crippen LogP contribution in [-0.4, -0.2) is 36.9 Å². The Hall–Kier alpha value is -1.02. The monoisotopic (exact) mass is 325 g/mol. The Morgan fingerprint density at radius 3 is 2.32 bits per heavy atom. The number of likely N-dealkylation sites (N-methyl/N-ethyl adjacent to an activating group) is 1. The predicted molar refractivity (Wildman–Crippen MR) is 74.3 cm³/mol. The minimum Gasteiger partial charge on any atom is -0.409 e. The number of hydrogen-bond donors (Lipinski definition) is 2. The normalized spacial score (nSPS) is 12.9. The maximum Gasteiger partial charge on any atom is 0.243 e. The highest BCUT2D eigenvalue weighted by molar-refractivity contribution is 7.89. The molecule has 19 heavy (non-hydrogen) atoms. The number of oxime groups is 1. The first-order valence-electron chi connectivity index (χ1n) is 5.24. The molecule has 0 spiro atoms. The molecule has 0 fully saturated rings. The van der Waals surface area contributed by atoms with E-state index in [2.05, 4.69) is 5.16 Å². The summed E-state index contributed by atoms with van der Waals surface area (Å²) in [6.45, 7) is 1.57. The van der Waals surface area contributed by atoms with Gasteiger partial charge in [0.05, 0.1) is 11.4 Å². The van der Waals surface area contributed by atoms with Gasteiger partial charge in [-0.25, -0.2) is 8.42 Å². The Kier molecular flexibility index (Phi) is 5.42. The smallest absolute Gasteiger partial charge is 0.243 e. The highest BCUT2D eigenvalue weighted by Crippen LogP contribution is 2.24. The SMILES string of the molecule is CCN(CC(N)=NO)S(=O)(=O)c1cc(Cl)cc(Cl)c1. The third-order valence-electron chi connectivity index (χ3n) is 2.29. The zero-order valence-corrected chi connectivity index (χ0v) is 12.4. The van der Waals surface area contributed by atoms with Crippen LogP contribution in [0.5, 0.6) is 0 Å². The summed E-state index contributed by atoms with van der Waals surface area (Å²) in [6.07, 6.45) is 0. The molecule has 0 radical (unpaired) electrons. The van der Waals surface area contributed by atoms with Gasteiger partial charge in [0.15, 0.2) is 5.84 Å². The summed E-state index contributed by atoms with van der Waals surface area (Å²) in [5, 5.41) is 11.7. The first kappa shape index (κ1) is 16.0. The van der Waals surface area contributed by atoms with Crippen LogP contribution in [0, 0.1) is 0 Å². The van der Waals surface area contributed by atoms with E-state index in [1.807, 2.05) is 0 Å². The number of halogens is 2. The van der Waals surface area contributed by atoms with Crippen molar-refractivity contribution in [2.75, 3.05) is 13.1 Å². The second-order valence-corrected chi connectivity index (χ2v) is 6.44. The van der Waals surface area contributed by atoms with Crippen molar-refractivity contribution in [2.45, 2.75) is 11.8 Å². The molecule has 0 aliphatic heterocycles. The molecule has 1 aromatic carbocycles. The largest absolute Gasteiger partial charge is 0.409 e. The van der Waals surface area contributed by atoms with E-state index in [9.17, 15) is 8.42 Å². The summed E-state index contributed by atoms with van der Waals surface area (Å²) < 4.78 is 25.7. The second-order valence-electron chi connectivity index (χ2n) is 3.63. The van der Waals surface area contributed by atoms with Gasteiger partial charge in [-0.05, 0) is 18.2 Å². The van der Waals surface area contributed by atoms with E-state index in [4.69, 9.17) is 34.1 Å². The molecular weight excluding hydrogens is 313 g/mol. The van der Waals surface area contributed by atoms with Gasteiger partial charge >= 0.3 is 0 Å². The average molecular weight is 326 g/mol. The maximum atomic E-state index is 12.3. The standard InChI is InChI=1S/C10H13Cl2N3O3S/c1-2-15(6-10(13)14-16)19(17,18)9-4-7(11)3-8(12)5-9/h3-5,16H,2,6H2,1H3,(H2,13,14). The molecule has 0 aliphatic carbocycles. The average Bonchev–Trinajstić information content (AvgIpc) is 2.34. The van der Waals surface area contributed by atoms with Crippen molar-refractivity contribution in [3.05, 3.63) is 28.2 Å². The Balaban J connectivity index is 3.20. The van der Waals surface area contributed by atoms with Crippen LogP contribution in [0.4, 0.5) is 0 Å². The van der Waals surface area contributed by atoms with Crippen LogP contribution < -0.4 is 5.73 Å². The van der Waals surface area contributed by atoms with Crippen LogP contribution in [0.1, 0.15) is 6.92 Å². The molecule has 0 aliphatic rings. The first-order valence-corrected chi connectivity index (χ1v) is 7.43. The molecule has 1 rings (SSSR count). The van der Waals surface area contributed by atoms with Crippen LogP contribution in [0.25, 0.3) is 0 Å². The van der Waals surface area contributed by atoms with Gasteiger partial charge in [-0.3, -0.25) is 0 Å². The summed E-state index contributed by atoms with van der Waals surface area (Å²) in [7, 11) is -3.81. The van der Waals surface area contributed by atoms with Crippen LogP contribution in [-0.2, 0) is 10.0 Å². The minimum absolute atomic E-state index is 0.0439. The molecule has 0 saturated heterocycles. The van der Waals surface area contributed by atoms with Crippen LogP contribution in [0.2, 0.25) is 10.0 Å². The number of amidine groups is 1. The molecule has 1 aromatic rings. The van der Waals surface area contributed by atoms with E-state index < -0.39 is 10.0 Å². The summed E-state index contributed by atoms with van der Waals surface area (Å²) in [6, 6.07) is 4.01. The van der Waals surface area contributed by atoms with Gasteiger partial charge in [0.2, 0.25) is 10.0 Å². The van der Waals surface area contributed by atoms with Crippen molar-refractivity contribution >= 4 is 39.1 Å². The fourth-order valence-corrected chi connectivity index (χ4v) is 3.55. The fourth-order valence-electron chi connectivity index (χ4n) is 1.41. The van der Waals surface area contributed by atoms with Gasteiger partial charge < -0.3 is 10.9 Å². The molecular formula is C10H13Cl2N3O3S. The van der Waals surface area contributed by atoms with Gasteiger partial charge in [0.25, 0.3) is 0 Å². The number of nitrogens with zero attached hydrogens (tertiary/aromatic N) is 2. The quantitative estimate of drug-likeness (QED) is 0.373. The van der Waals surface area contributed by atoms with Crippen LogP contribution in [0.15, 0.2) is 28.3 Å². The van der Waals surface area contributed by atoms with Crippen LogP contribution in [0.3, 0.4) is 0 Å². The Morgan fingerprint density at radius 2 is 1.89 bits per heavy atom. The van der Waals surface area contributed by atoms with Crippen molar-refractivity contribution in [2.24, 2.45) is 10.9 Å². The van der Waals surface area contributed by atoms with Gasteiger partial charge in [-0.15, -0.1) is 0 Å². The van der Waals surface area contributed by atoms with Crippen molar-refractivity contribution in [1.29, 1.82) is 0 Å². The molecule has 0 unspecified atom stereocenters. The maximum absolute atomic E-state index is 12.3. The fraction of sp³-hybridized carbons (Fsp3) is 0.300. The Morgan fingerprint density at radius 1 is 1.37 bits per heavy atom. The van der Waals surface area contributed by atoms with Crippen molar-refractivity contribution in [3.63, 3.8) is 0 Å². The molecule has 0 bridgehead atoms. The molecule has 9 heteroatoms. The molecule has 0 saturated carbocycles. The zero-order valence-electron chi connectivity index (χ0n) is 10.0.